The van der Waals surface area contributed by atoms with Crippen molar-refractivity contribution in [3.8, 4) is 0 Å². The van der Waals surface area contributed by atoms with Crippen LogP contribution in [0.5, 0.6) is 0 Å². The van der Waals surface area contributed by atoms with Gasteiger partial charge in [0.05, 0.1) is 11.5 Å². The zero-order valence-corrected chi connectivity index (χ0v) is 13.4. The molecule has 1 atom stereocenters. The predicted molar refractivity (Wildman–Crippen MR) is 73.8 cm³/mol. The van der Waals surface area contributed by atoms with Crippen LogP contribution in [0, 0.1) is 0 Å². The first-order chi connectivity index (χ1) is 8.47. The SMILES string of the molecule is CSCC(C)NC(=O)c1c(Br)cccc1C(=O)[O-].[Li+]. The van der Waals surface area contributed by atoms with Gasteiger partial charge in [-0.15, -0.1) is 0 Å². The summed E-state index contributed by atoms with van der Waals surface area (Å²) in [6.45, 7) is 1.87. The number of carbonyl (C=O) groups is 2. The maximum absolute atomic E-state index is 12.0. The third-order valence-electron chi connectivity index (χ3n) is 2.25. The first kappa shape index (κ1) is 18.6. The van der Waals surface area contributed by atoms with Gasteiger partial charge in [-0.1, -0.05) is 12.1 Å². The second-order valence-electron chi connectivity index (χ2n) is 3.78. The Kier molecular flexibility index (Phi) is 8.51. The number of nitrogens with one attached hydrogen (secondary N) is 1. The molecule has 0 radical (unpaired) electrons. The van der Waals surface area contributed by atoms with Crippen LogP contribution in [0.25, 0.3) is 0 Å². The van der Waals surface area contributed by atoms with Crippen LogP contribution in [0.1, 0.15) is 27.6 Å². The van der Waals surface area contributed by atoms with Gasteiger partial charge in [0.2, 0.25) is 0 Å². The summed E-state index contributed by atoms with van der Waals surface area (Å²) >= 11 is 4.79. The van der Waals surface area contributed by atoms with Crippen molar-refractivity contribution in [2.75, 3.05) is 12.0 Å². The Morgan fingerprint density at radius 1 is 1.47 bits per heavy atom. The van der Waals surface area contributed by atoms with Gasteiger partial charge in [-0.25, -0.2) is 0 Å². The molecule has 1 aromatic carbocycles. The number of halogens is 1. The van der Waals surface area contributed by atoms with Crippen molar-refractivity contribution >= 4 is 39.6 Å². The van der Waals surface area contributed by atoms with E-state index in [9.17, 15) is 14.7 Å². The molecule has 0 bridgehead atoms. The first-order valence-corrected chi connectivity index (χ1v) is 7.45. The van der Waals surface area contributed by atoms with Crippen molar-refractivity contribution in [2.24, 2.45) is 0 Å². The number of carboxylic acid groups (broad SMARTS) is 1. The van der Waals surface area contributed by atoms with Gasteiger partial charge in [0.15, 0.2) is 0 Å². The molecule has 0 saturated heterocycles. The maximum atomic E-state index is 12.0. The Morgan fingerprint density at radius 3 is 2.63 bits per heavy atom. The number of thioether (sulfide) groups is 1. The second kappa shape index (κ2) is 8.70. The number of rotatable bonds is 5. The van der Waals surface area contributed by atoms with E-state index in [1.807, 2.05) is 13.2 Å². The predicted octanol–water partition coefficient (Wildman–Crippen LogP) is -1.70. The molecule has 0 aliphatic carbocycles. The van der Waals surface area contributed by atoms with E-state index in [4.69, 9.17) is 0 Å². The molecule has 19 heavy (non-hydrogen) atoms. The number of aromatic carboxylic acids is 1. The summed E-state index contributed by atoms with van der Waals surface area (Å²) in [6, 6.07) is 4.50. The fourth-order valence-corrected chi connectivity index (χ4v) is 2.64. The molecule has 1 aromatic rings. The standard InChI is InChI=1S/C12H14BrNO3S.Li/c1-7(6-18-2)14-11(15)10-8(12(16)17)4-3-5-9(10)13;/h3-5,7H,6H2,1-2H3,(H,14,15)(H,16,17);/q;+1/p-1. The molecule has 0 aromatic heterocycles. The third kappa shape index (κ3) is 5.23. The Labute approximate surface area is 137 Å². The van der Waals surface area contributed by atoms with Gasteiger partial charge in [0, 0.05) is 21.8 Å². The molecule has 1 unspecified atom stereocenters. The molecule has 4 nitrogen and oxygen atoms in total. The van der Waals surface area contributed by atoms with Crippen LogP contribution in [0.15, 0.2) is 22.7 Å². The van der Waals surface area contributed by atoms with E-state index in [1.165, 1.54) is 6.07 Å². The zero-order chi connectivity index (χ0) is 13.7. The van der Waals surface area contributed by atoms with Gasteiger partial charge in [-0.2, -0.15) is 11.8 Å². The van der Waals surface area contributed by atoms with Gasteiger partial charge in [0.25, 0.3) is 5.91 Å². The minimum absolute atomic E-state index is 0. The molecule has 0 heterocycles. The molecule has 98 valence electrons. The van der Waals surface area contributed by atoms with E-state index in [0.29, 0.717) is 4.47 Å². The number of carbonyl (C=O) groups excluding carboxylic acids is 2. The molecular formula is C12H13BrLiNO3S. The van der Waals surface area contributed by atoms with E-state index < -0.39 is 11.9 Å². The molecule has 0 aliphatic rings. The van der Waals surface area contributed by atoms with Crippen LogP contribution in [0.2, 0.25) is 0 Å². The van der Waals surface area contributed by atoms with E-state index in [-0.39, 0.29) is 36.0 Å². The van der Waals surface area contributed by atoms with E-state index >= 15 is 0 Å². The summed E-state index contributed by atoms with van der Waals surface area (Å²) in [5.41, 5.74) is -0.0105. The van der Waals surface area contributed by atoms with Crippen molar-refractivity contribution in [1.29, 1.82) is 0 Å². The zero-order valence-electron chi connectivity index (χ0n) is 11.0. The Bertz CT molecular complexity index is 470. The van der Waals surface area contributed by atoms with Crippen molar-refractivity contribution in [3.63, 3.8) is 0 Å². The molecular weight excluding hydrogens is 325 g/mol. The van der Waals surface area contributed by atoms with E-state index in [0.717, 1.165) is 5.75 Å². The monoisotopic (exact) mass is 337 g/mol. The van der Waals surface area contributed by atoms with Gasteiger partial charge in [-0.3, -0.25) is 4.79 Å². The summed E-state index contributed by atoms with van der Waals surface area (Å²) in [5, 5.41) is 13.7. The van der Waals surface area contributed by atoms with Crippen LogP contribution < -0.4 is 29.3 Å². The van der Waals surface area contributed by atoms with Crippen LogP contribution in [0.4, 0.5) is 0 Å². The summed E-state index contributed by atoms with van der Waals surface area (Å²) < 4.78 is 0.443. The molecule has 1 N–H and O–H groups in total. The smallest absolute Gasteiger partial charge is 0.545 e. The quantitative estimate of drug-likeness (QED) is 0.650. The molecule has 1 amide bonds. The summed E-state index contributed by atoms with van der Waals surface area (Å²) in [6.07, 6.45) is 1.94. The summed E-state index contributed by atoms with van der Waals surface area (Å²) in [5.74, 6) is -1.01. The number of benzene rings is 1. The second-order valence-corrected chi connectivity index (χ2v) is 5.54. The van der Waals surface area contributed by atoms with Crippen molar-refractivity contribution in [3.05, 3.63) is 33.8 Å². The van der Waals surface area contributed by atoms with E-state index in [2.05, 4.69) is 21.2 Å². The minimum atomic E-state index is -1.36. The Hall–Kier alpha value is -0.413. The van der Waals surface area contributed by atoms with E-state index in [1.54, 1.807) is 23.9 Å². The van der Waals surface area contributed by atoms with Gasteiger partial charge >= 0.3 is 18.9 Å². The van der Waals surface area contributed by atoms with Crippen LogP contribution in [0.3, 0.4) is 0 Å². The fraction of sp³-hybridized carbons (Fsp3) is 0.333. The normalized spacial score (nSPS) is 11.3. The number of hydrogen-bond acceptors (Lipinski definition) is 4. The number of carboxylic acids is 1. The van der Waals surface area contributed by atoms with Crippen LogP contribution in [-0.4, -0.2) is 29.9 Å². The molecule has 7 heteroatoms. The van der Waals surface area contributed by atoms with Crippen molar-refractivity contribution in [1.82, 2.24) is 5.32 Å². The average Bonchev–Trinajstić information content (AvgIpc) is 2.28. The third-order valence-corrected chi connectivity index (χ3v) is 3.75. The largest absolute Gasteiger partial charge is 1.00 e. The maximum Gasteiger partial charge on any atom is 1.00 e. The molecule has 1 rings (SSSR count). The van der Waals surface area contributed by atoms with Crippen LogP contribution in [-0.2, 0) is 0 Å². The van der Waals surface area contributed by atoms with Gasteiger partial charge in [-0.05, 0) is 35.2 Å². The van der Waals surface area contributed by atoms with Crippen molar-refractivity contribution in [2.45, 2.75) is 13.0 Å². The molecule has 0 fully saturated rings. The molecule has 0 saturated carbocycles. The Morgan fingerprint density at radius 2 is 2.11 bits per heavy atom. The number of hydrogen-bond donors (Lipinski definition) is 1. The molecule has 0 spiro atoms. The minimum Gasteiger partial charge on any atom is -0.545 e. The van der Waals surface area contributed by atoms with Crippen molar-refractivity contribution < 1.29 is 33.6 Å². The van der Waals surface area contributed by atoms with Gasteiger partial charge < -0.3 is 15.2 Å². The van der Waals surface area contributed by atoms with Crippen LogP contribution >= 0.6 is 27.7 Å². The Balaban J connectivity index is 0.00000324. The average molecular weight is 338 g/mol. The fourth-order valence-electron chi connectivity index (χ4n) is 1.51. The summed E-state index contributed by atoms with van der Waals surface area (Å²) in [7, 11) is 0. The molecule has 0 aliphatic heterocycles. The number of amides is 1. The first-order valence-electron chi connectivity index (χ1n) is 5.27. The topological polar surface area (TPSA) is 69.2 Å². The van der Waals surface area contributed by atoms with Gasteiger partial charge in [0.1, 0.15) is 0 Å². The summed E-state index contributed by atoms with van der Waals surface area (Å²) in [4.78, 5) is 23.0.